The average molecular weight is 601 g/mol. The Morgan fingerprint density at radius 3 is 2.14 bits per heavy atom. The normalized spacial score (nSPS) is 29.8. The topological polar surface area (TPSA) is 214 Å². The van der Waals surface area contributed by atoms with E-state index in [2.05, 4.69) is 5.32 Å². The molecule has 0 aromatic heterocycles. The standard InChI is InChI=1S/C30H40N4O9/c1-11-12-9-10-13(32-28(42)24(34(7)8)29(2,3)4)20(35)15(12)21(36)16-14(11)22(37)18-19(33(5)6)23(38)17(27(31)41)26(40)30(18,43)25(16)39/h9-11,14,18-19,22,24,35-37,40,43H,1-8H3,(H2,31,41)(H,32,42)/t11?,14?,18?,19-,22?,24?,30-/m0/s1. The van der Waals surface area contributed by atoms with Crippen LogP contribution in [0.25, 0.3) is 5.76 Å². The van der Waals surface area contributed by atoms with Crippen molar-refractivity contribution >= 4 is 34.8 Å². The summed E-state index contributed by atoms with van der Waals surface area (Å²) in [5.74, 6) is -10.3. The molecule has 43 heavy (non-hydrogen) atoms. The molecule has 3 aliphatic carbocycles. The fourth-order valence-electron chi connectivity index (χ4n) is 7.32. The van der Waals surface area contributed by atoms with Crippen LogP contribution in [0, 0.1) is 17.3 Å². The van der Waals surface area contributed by atoms with Crippen molar-refractivity contribution in [3.8, 4) is 5.75 Å². The first kappa shape index (κ1) is 32.1. The van der Waals surface area contributed by atoms with Crippen molar-refractivity contribution in [2.24, 2.45) is 23.0 Å². The molecule has 1 aromatic carbocycles. The Bertz CT molecular complexity index is 1490. The minimum absolute atomic E-state index is 0.0484. The second kappa shape index (κ2) is 10.4. The first-order chi connectivity index (χ1) is 19.7. The molecule has 0 aliphatic heterocycles. The van der Waals surface area contributed by atoms with Crippen LogP contribution in [0.3, 0.4) is 0 Å². The van der Waals surface area contributed by atoms with Crippen LogP contribution in [-0.2, 0) is 19.2 Å². The van der Waals surface area contributed by atoms with Gasteiger partial charge in [0.25, 0.3) is 5.91 Å². The summed E-state index contributed by atoms with van der Waals surface area (Å²) in [6.45, 7) is 7.28. The van der Waals surface area contributed by atoms with Crippen LogP contribution in [0.4, 0.5) is 5.69 Å². The van der Waals surface area contributed by atoms with E-state index in [4.69, 9.17) is 5.73 Å². The first-order valence-corrected chi connectivity index (χ1v) is 13.9. The zero-order valence-corrected chi connectivity index (χ0v) is 25.5. The number of phenols is 1. The van der Waals surface area contributed by atoms with Gasteiger partial charge in [0.1, 0.15) is 22.8 Å². The number of nitrogens with one attached hydrogen (secondary N) is 1. The van der Waals surface area contributed by atoms with E-state index in [1.165, 1.54) is 25.1 Å². The van der Waals surface area contributed by atoms with Crippen molar-refractivity contribution in [2.75, 3.05) is 33.5 Å². The monoisotopic (exact) mass is 600 g/mol. The van der Waals surface area contributed by atoms with E-state index in [1.807, 2.05) is 20.8 Å². The van der Waals surface area contributed by atoms with Crippen LogP contribution in [-0.4, -0.2) is 111 Å². The van der Waals surface area contributed by atoms with Gasteiger partial charge in [-0.05, 0) is 51.2 Å². The number of carbonyl (C=O) groups excluding carboxylic acids is 4. The number of amides is 2. The number of aliphatic hydroxyl groups is 4. The Morgan fingerprint density at radius 1 is 1.07 bits per heavy atom. The lowest BCUT2D eigenvalue weighted by atomic mass is 9.54. The molecule has 8 N–H and O–H groups in total. The molecule has 234 valence electrons. The van der Waals surface area contributed by atoms with E-state index >= 15 is 0 Å². The molecule has 0 saturated heterocycles. The molecule has 0 radical (unpaired) electrons. The van der Waals surface area contributed by atoms with Gasteiger partial charge in [-0.3, -0.25) is 29.0 Å². The van der Waals surface area contributed by atoms with Crippen LogP contribution >= 0.6 is 0 Å². The molecule has 0 bridgehead atoms. The highest BCUT2D eigenvalue weighted by Gasteiger charge is 2.68. The Balaban J connectivity index is 1.92. The third kappa shape index (κ3) is 4.53. The molecular weight excluding hydrogens is 560 g/mol. The van der Waals surface area contributed by atoms with Crippen molar-refractivity contribution in [3.05, 3.63) is 40.2 Å². The minimum atomic E-state index is -3.00. The molecule has 7 atom stereocenters. The van der Waals surface area contributed by atoms with Gasteiger partial charge >= 0.3 is 0 Å². The molecule has 13 nitrogen and oxygen atoms in total. The third-order valence-corrected chi connectivity index (χ3v) is 8.97. The maximum atomic E-state index is 14.1. The smallest absolute Gasteiger partial charge is 0.255 e. The van der Waals surface area contributed by atoms with Gasteiger partial charge in [-0.25, -0.2) is 0 Å². The molecule has 2 amide bonds. The van der Waals surface area contributed by atoms with Crippen LogP contribution in [0.15, 0.2) is 29.0 Å². The second-order valence-corrected chi connectivity index (χ2v) is 13.2. The summed E-state index contributed by atoms with van der Waals surface area (Å²) in [5.41, 5.74) is 0.453. The van der Waals surface area contributed by atoms with Crippen LogP contribution in [0.5, 0.6) is 5.75 Å². The van der Waals surface area contributed by atoms with E-state index < -0.39 is 98.8 Å². The maximum absolute atomic E-state index is 14.1. The van der Waals surface area contributed by atoms with Gasteiger partial charge in [-0.1, -0.05) is 33.8 Å². The number of carbonyl (C=O) groups is 4. The Kier molecular flexibility index (Phi) is 7.80. The summed E-state index contributed by atoms with van der Waals surface area (Å²) in [4.78, 5) is 55.9. The van der Waals surface area contributed by atoms with E-state index in [-0.39, 0.29) is 11.3 Å². The number of rotatable bonds is 5. The van der Waals surface area contributed by atoms with Crippen molar-refractivity contribution in [3.63, 3.8) is 0 Å². The Hall–Kier alpha value is -3.78. The third-order valence-electron chi connectivity index (χ3n) is 8.97. The number of likely N-dealkylation sites (N-methyl/N-ethyl adjacent to an activating group) is 2. The lowest BCUT2D eigenvalue weighted by Crippen LogP contribution is -2.70. The molecular formula is C30H40N4O9. The van der Waals surface area contributed by atoms with Crippen LogP contribution < -0.4 is 11.1 Å². The van der Waals surface area contributed by atoms with Crippen molar-refractivity contribution in [2.45, 2.75) is 57.4 Å². The zero-order chi connectivity index (χ0) is 32.7. The maximum Gasteiger partial charge on any atom is 0.255 e. The van der Waals surface area contributed by atoms with Crippen molar-refractivity contribution in [1.29, 1.82) is 0 Å². The number of aliphatic hydroxyl groups excluding tert-OH is 3. The van der Waals surface area contributed by atoms with Crippen molar-refractivity contribution < 1.29 is 44.7 Å². The number of fused-ring (bicyclic) bond motifs is 3. The molecule has 1 saturated carbocycles. The largest absolute Gasteiger partial charge is 0.508 e. The second-order valence-electron chi connectivity index (χ2n) is 13.2. The summed E-state index contributed by atoms with van der Waals surface area (Å²) in [5, 5.41) is 60.0. The Labute approximate surface area is 249 Å². The molecule has 3 aliphatic rings. The van der Waals surface area contributed by atoms with Gasteiger partial charge in [-0.15, -0.1) is 0 Å². The summed E-state index contributed by atoms with van der Waals surface area (Å²) in [6, 6.07) is 0.954. The number of ketones is 2. The molecule has 1 fully saturated rings. The van der Waals surface area contributed by atoms with Crippen molar-refractivity contribution in [1.82, 2.24) is 9.80 Å². The minimum Gasteiger partial charge on any atom is -0.508 e. The molecule has 1 aromatic rings. The first-order valence-electron chi connectivity index (χ1n) is 13.9. The number of anilines is 1. The summed E-state index contributed by atoms with van der Waals surface area (Å²) < 4.78 is 0. The number of benzene rings is 1. The predicted octanol–water partition coefficient (Wildman–Crippen LogP) is 0.411. The number of nitrogens with zero attached hydrogens (tertiary/aromatic N) is 2. The number of aromatic hydroxyl groups is 1. The number of primary amides is 1. The van der Waals surface area contributed by atoms with Gasteiger partial charge in [0, 0.05) is 11.5 Å². The Morgan fingerprint density at radius 2 is 1.65 bits per heavy atom. The summed E-state index contributed by atoms with van der Waals surface area (Å²) >= 11 is 0. The number of nitrogens with two attached hydrogens (primary N) is 1. The highest BCUT2D eigenvalue weighted by atomic mass is 16.4. The van der Waals surface area contributed by atoms with Gasteiger partial charge in [-0.2, -0.15) is 0 Å². The zero-order valence-electron chi connectivity index (χ0n) is 25.5. The average Bonchev–Trinajstić information content (AvgIpc) is 2.86. The van der Waals surface area contributed by atoms with Gasteiger partial charge < -0.3 is 36.6 Å². The highest BCUT2D eigenvalue weighted by molar-refractivity contribution is 6.24. The lowest BCUT2D eigenvalue weighted by molar-refractivity contribution is -0.169. The van der Waals surface area contributed by atoms with Crippen LogP contribution in [0.1, 0.15) is 44.7 Å². The van der Waals surface area contributed by atoms with E-state index in [1.54, 1.807) is 32.0 Å². The van der Waals surface area contributed by atoms with Crippen LogP contribution in [0.2, 0.25) is 0 Å². The fourth-order valence-corrected chi connectivity index (χ4v) is 7.32. The number of hydrogen-bond donors (Lipinski definition) is 7. The number of Topliss-reactive ketones (excluding diaryl/α,β-unsaturated/α-hetero) is 2. The molecule has 13 heteroatoms. The fraction of sp³-hybridized carbons (Fsp3) is 0.533. The quantitative estimate of drug-likeness (QED) is 0.182. The van der Waals surface area contributed by atoms with E-state index in [0.717, 1.165) is 0 Å². The molecule has 4 rings (SSSR count). The lowest BCUT2D eigenvalue weighted by Gasteiger charge is -2.53. The highest BCUT2D eigenvalue weighted by Crippen LogP contribution is 2.56. The SMILES string of the molecule is CC1c2ccc(NC(=O)C(N(C)C)C(C)(C)C)c(O)c2C(O)=C2C(=O)[C@]3(O)C(O)=C(C(N)=O)C(=O)[C@@H](N(C)C)C3C(O)C21. The molecule has 5 unspecified atom stereocenters. The van der Waals surface area contributed by atoms with Gasteiger partial charge in [0.2, 0.25) is 11.7 Å². The van der Waals surface area contributed by atoms with Gasteiger partial charge in [0.15, 0.2) is 11.4 Å². The number of hydrogen-bond acceptors (Lipinski definition) is 11. The van der Waals surface area contributed by atoms with E-state index in [9.17, 15) is 44.7 Å². The predicted molar refractivity (Wildman–Crippen MR) is 156 cm³/mol. The van der Waals surface area contributed by atoms with E-state index in [0.29, 0.717) is 5.56 Å². The summed E-state index contributed by atoms with van der Waals surface area (Å²) in [7, 11) is 6.37. The van der Waals surface area contributed by atoms with Gasteiger partial charge in [0.05, 0.1) is 35.4 Å². The molecule has 0 heterocycles. The molecule has 0 spiro atoms. The summed E-state index contributed by atoms with van der Waals surface area (Å²) in [6.07, 6.45) is -1.69. The number of phenolic OH excluding ortho intramolecular Hbond substituents is 1.